The molecule has 0 fully saturated rings. The summed E-state index contributed by atoms with van der Waals surface area (Å²) in [4.78, 5) is 29.9. The van der Waals surface area contributed by atoms with Crippen molar-refractivity contribution in [3.63, 3.8) is 0 Å². The monoisotopic (exact) mass is 466 g/mol. The summed E-state index contributed by atoms with van der Waals surface area (Å²) in [5, 5.41) is 7.25. The van der Waals surface area contributed by atoms with E-state index in [1.54, 1.807) is 54.6 Å². The van der Waals surface area contributed by atoms with Crippen molar-refractivity contribution in [3.05, 3.63) is 76.2 Å². The number of halogens is 1. The van der Waals surface area contributed by atoms with E-state index in [-0.39, 0.29) is 18.0 Å². The maximum absolute atomic E-state index is 13.0. The molecule has 0 radical (unpaired) electrons. The van der Waals surface area contributed by atoms with E-state index in [0.717, 1.165) is 0 Å². The lowest BCUT2D eigenvalue weighted by Gasteiger charge is -2.12. The largest absolute Gasteiger partial charge is 0.497 e. The number of amides is 1. The van der Waals surface area contributed by atoms with Crippen molar-refractivity contribution in [2.45, 2.75) is 6.54 Å². The fourth-order valence-corrected chi connectivity index (χ4v) is 3.26. The smallest absolute Gasteiger partial charge is 0.263 e. The molecule has 2 heterocycles. The number of carbonyl (C=O) groups is 1. The topological polar surface area (TPSA) is 108 Å². The van der Waals surface area contributed by atoms with Crippen LogP contribution in [0.1, 0.15) is 0 Å². The number of nitrogens with one attached hydrogen (secondary N) is 1. The van der Waals surface area contributed by atoms with Gasteiger partial charge in [0.2, 0.25) is 11.7 Å². The number of anilines is 1. The second-order valence-electron chi connectivity index (χ2n) is 6.90. The molecule has 0 saturated heterocycles. The minimum Gasteiger partial charge on any atom is -0.497 e. The van der Waals surface area contributed by atoms with Gasteiger partial charge >= 0.3 is 0 Å². The Balaban J connectivity index is 1.55. The molecule has 33 heavy (non-hydrogen) atoms. The van der Waals surface area contributed by atoms with Crippen LogP contribution in [0.25, 0.3) is 22.8 Å². The Hall–Kier alpha value is -4.11. The highest BCUT2D eigenvalue weighted by Crippen LogP contribution is 2.29. The van der Waals surface area contributed by atoms with Gasteiger partial charge in [-0.2, -0.15) is 4.98 Å². The van der Waals surface area contributed by atoms with Crippen LogP contribution >= 0.6 is 11.6 Å². The van der Waals surface area contributed by atoms with Crippen LogP contribution in [0.3, 0.4) is 0 Å². The maximum atomic E-state index is 13.0. The van der Waals surface area contributed by atoms with Gasteiger partial charge in [0.1, 0.15) is 23.6 Å². The molecular formula is C23H19ClN4O5. The summed E-state index contributed by atoms with van der Waals surface area (Å²) >= 11 is 5.91. The molecule has 0 aliphatic heterocycles. The first-order valence-electron chi connectivity index (χ1n) is 9.80. The van der Waals surface area contributed by atoms with Gasteiger partial charge in [0.25, 0.3) is 11.4 Å². The summed E-state index contributed by atoms with van der Waals surface area (Å²) in [6, 6.07) is 15.1. The van der Waals surface area contributed by atoms with Crippen molar-refractivity contribution >= 4 is 23.2 Å². The average Bonchev–Trinajstić information content (AvgIpc) is 3.31. The van der Waals surface area contributed by atoms with Gasteiger partial charge in [0.05, 0.1) is 19.9 Å². The number of nitrogens with zero attached hydrogens (tertiary/aromatic N) is 3. The molecule has 10 heteroatoms. The summed E-state index contributed by atoms with van der Waals surface area (Å²) in [6.45, 7) is -0.231. The van der Waals surface area contributed by atoms with Gasteiger partial charge in [-0.3, -0.25) is 9.59 Å². The molecule has 4 rings (SSSR count). The van der Waals surface area contributed by atoms with Gasteiger partial charge in [-0.15, -0.1) is 0 Å². The Kier molecular flexibility index (Phi) is 6.41. The first-order valence-corrected chi connectivity index (χ1v) is 10.2. The summed E-state index contributed by atoms with van der Waals surface area (Å²) in [6.07, 6.45) is 1.50. The van der Waals surface area contributed by atoms with Gasteiger partial charge < -0.3 is 23.9 Å². The molecule has 2 aromatic carbocycles. The Labute approximate surface area is 193 Å². The molecule has 2 aromatic heterocycles. The van der Waals surface area contributed by atoms with Crippen molar-refractivity contribution in [1.82, 2.24) is 14.7 Å². The zero-order valence-electron chi connectivity index (χ0n) is 17.7. The molecule has 0 spiro atoms. The highest BCUT2D eigenvalue weighted by molar-refractivity contribution is 6.30. The summed E-state index contributed by atoms with van der Waals surface area (Å²) in [5.41, 5.74) is 0.848. The SMILES string of the molecule is COc1ccc(OC)c(NC(=O)Cn2cccc(-c3nc(-c4ccc(Cl)cc4)no3)c2=O)c1. The van der Waals surface area contributed by atoms with Crippen LogP contribution in [-0.4, -0.2) is 34.8 Å². The normalized spacial score (nSPS) is 10.6. The zero-order valence-corrected chi connectivity index (χ0v) is 18.5. The lowest BCUT2D eigenvalue weighted by atomic mass is 10.2. The van der Waals surface area contributed by atoms with E-state index in [0.29, 0.717) is 33.6 Å². The second-order valence-corrected chi connectivity index (χ2v) is 7.34. The fraction of sp³-hybridized carbons (Fsp3) is 0.130. The molecular weight excluding hydrogens is 448 g/mol. The number of hydrogen-bond donors (Lipinski definition) is 1. The van der Waals surface area contributed by atoms with Crippen molar-refractivity contribution < 1.29 is 18.8 Å². The molecule has 0 aliphatic carbocycles. The van der Waals surface area contributed by atoms with Crippen LogP contribution in [0.2, 0.25) is 5.02 Å². The van der Waals surface area contributed by atoms with E-state index >= 15 is 0 Å². The van der Waals surface area contributed by atoms with Crippen LogP contribution in [0, 0.1) is 0 Å². The molecule has 1 amide bonds. The van der Waals surface area contributed by atoms with Gasteiger partial charge in [0, 0.05) is 22.8 Å². The summed E-state index contributed by atoms with van der Waals surface area (Å²) in [7, 11) is 3.02. The van der Waals surface area contributed by atoms with Crippen LogP contribution in [0.15, 0.2) is 70.1 Å². The third kappa shape index (κ3) is 4.88. The van der Waals surface area contributed by atoms with E-state index < -0.39 is 11.5 Å². The van der Waals surface area contributed by atoms with Crippen LogP contribution in [0.4, 0.5) is 5.69 Å². The highest BCUT2D eigenvalue weighted by Gasteiger charge is 2.17. The average molecular weight is 467 g/mol. The fourth-order valence-electron chi connectivity index (χ4n) is 3.13. The second kappa shape index (κ2) is 9.58. The van der Waals surface area contributed by atoms with Crippen LogP contribution < -0.4 is 20.3 Å². The van der Waals surface area contributed by atoms with Gasteiger partial charge in [-0.25, -0.2) is 0 Å². The van der Waals surface area contributed by atoms with E-state index in [4.69, 9.17) is 25.6 Å². The third-order valence-corrected chi connectivity index (χ3v) is 5.03. The number of methoxy groups -OCH3 is 2. The molecule has 0 aliphatic rings. The quantitative estimate of drug-likeness (QED) is 0.440. The molecule has 0 bridgehead atoms. The van der Waals surface area contributed by atoms with Crippen LogP contribution in [-0.2, 0) is 11.3 Å². The molecule has 0 unspecified atom stereocenters. The standard InChI is InChI=1S/C23H19ClN4O5/c1-31-16-9-10-19(32-2)18(12-16)25-20(29)13-28-11-3-4-17(23(28)30)22-26-21(27-33-22)14-5-7-15(24)8-6-14/h3-12H,13H2,1-2H3,(H,25,29). The molecule has 168 valence electrons. The number of aromatic nitrogens is 3. The third-order valence-electron chi connectivity index (χ3n) is 4.77. The van der Waals surface area contributed by atoms with E-state index in [9.17, 15) is 9.59 Å². The minimum absolute atomic E-state index is 0.0502. The molecule has 4 aromatic rings. The van der Waals surface area contributed by atoms with Crippen molar-refractivity contribution in [2.75, 3.05) is 19.5 Å². The first-order chi connectivity index (χ1) is 16.0. The molecule has 9 nitrogen and oxygen atoms in total. The lowest BCUT2D eigenvalue weighted by Crippen LogP contribution is -2.28. The van der Waals surface area contributed by atoms with E-state index in [1.165, 1.54) is 25.0 Å². The van der Waals surface area contributed by atoms with Crippen molar-refractivity contribution in [2.24, 2.45) is 0 Å². The lowest BCUT2D eigenvalue weighted by molar-refractivity contribution is -0.116. The van der Waals surface area contributed by atoms with E-state index in [2.05, 4.69) is 15.5 Å². The predicted octanol–water partition coefficient (Wildman–Crippen LogP) is 3.87. The molecule has 0 saturated carbocycles. The number of carbonyl (C=O) groups excluding carboxylic acids is 1. The molecule has 1 N–H and O–H groups in total. The summed E-state index contributed by atoms with van der Waals surface area (Å²) in [5.74, 6) is 0.964. The van der Waals surface area contributed by atoms with Crippen LogP contribution in [0.5, 0.6) is 11.5 Å². The Morgan fingerprint density at radius 1 is 1.12 bits per heavy atom. The Morgan fingerprint density at radius 3 is 2.64 bits per heavy atom. The van der Waals surface area contributed by atoms with Gasteiger partial charge in [-0.1, -0.05) is 16.8 Å². The Morgan fingerprint density at radius 2 is 1.91 bits per heavy atom. The highest BCUT2D eigenvalue weighted by atomic mass is 35.5. The van der Waals surface area contributed by atoms with E-state index in [1.807, 2.05) is 0 Å². The Bertz CT molecular complexity index is 1350. The van der Waals surface area contributed by atoms with Gasteiger partial charge in [-0.05, 0) is 48.5 Å². The first kappa shape index (κ1) is 22.1. The van der Waals surface area contributed by atoms with Crippen molar-refractivity contribution in [3.8, 4) is 34.3 Å². The number of hydrogen-bond acceptors (Lipinski definition) is 7. The summed E-state index contributed by atoms with van der Waals surface area (Å²) < 4.78 is 17.0. The molecule has 0 atom stereocenters. The van der Waals surface area contributed by atoms with Gasteiger partial charge in [0.15, 0.2) is 0 Å². The number of benzene rings is 2. The van der Waals surface area contributed by atoms with Crippen molar-refractivity contribution in [1.29, 1.82) is 0 Å². The minimum atomic E-state index is -0.448. The number of pyridine rings is 1. The zero-order chi connectivity index (χ0) is 23.4. The number of rotatable bonds is 7. The predicted molar refractivity (Wildman–Crippen MR) is 123 cm³/mol. The maximum Gasteiger partial charge on any atom is 0.263 e. The number of ether oxygens (including phenoxy) is 2.